The molecular weight excluding hydrogens is 444 g/mol. The maximum Gasteiger partial charge on any atom is 0.326 e. The highest BCUT2D eigenvalue weighted by molar-refractivity contribution is 5.93. The molecule has 16 nitrogen and oxygen atoms in total. The lowest BCUT2D eigenvalue weighted by atomic mass is 10.1. The highest BCUT2D eigenvalue weighted by Crippen LogP contribution is 2.02. The van der Waals surface area contributed by atoms with Crippen LogP contribution in [0.15, 0.2) is 4.99 Å². The predicted molar refractivity (Wildman–Crippen MR) is 113 cm³/mol. The fourth-order valence-corrected chi connectivity index (χ4v) is 2.39. The van der Waals surface area contributed by atoms with E-state index in [1.807, 2.05) is 5.32 Å². The van der Waals surface area contributed by atoms with Crippen molar-refractivity contribution in [2.45, 2.75) is 50.2 Å². The SMILES string of the molecule is NC(=O)CCC(N)C(=O)NCC(=O)NC(CCCN=C(N)N)C(=O)NC(CC(=O)O)C(=O)O. The van der Waals surface area contributed by atoms with Crippen molar-refractivity contribution in [3.63, 3.8) is 0 Å². The third-order valence-corrected chi connectivity index (χ3v) is 4.05. The molecule has 0 aromatic carbocycles. The summed E-state index contributed by atoms with van der Waals surface area (Å²) in [5.74, 6) is -6.35. The quantitative estimate of drug-likeness (QED) is 0.0581. The van der Waals surface area contributed by atoms with Crippen LogP contribution in [0.1, 0.15) is 32.1 Å². The number of carboxylic acid groups (broad SMARTS) is 2. The van der Waals surface area contributed by atoms with Gasteiger partial charge in [-0.05, 0) is 19.3 Å². The molecule has 0 bridgehead atoms. The third-order valence-electron chi connectivity index (χ3n) is 4.05. The molecule has 4 amide bonds. The number of nitrogens with zero attached hydrogens (tertiary/aromatic N) is 1. The van der Waals surface area contributed by atoms with E-state index in [0.717, 1.165) is 0 Å². The van der Waals surface area contributed by atoms with Gasteiger partial charge in [-0.1, -0.05) is 0 Å². The molecule has 0 rings (SSSR count). The van der Waals surface area contributed by atoms with Crippen LogP contribution in [0, 0.1) is 0 Å². The number of rotatable bonds is 16. The van der Waals surface area contributed by atoms with Gasteiger partial charge in [0.1, 0.15) is 12.1 Å². The molecule has 13 N–H and O–H groups in total. The molecule has 3 unspecified atom stereocenters. The Morgan fingerprint density at radius 1 is 0.879 bits per heavy atom. The zero-order valence-electron chi connectivity index (χ0n) is 17.8. The van der Waals surface area contributed by atoms with E-state index in [1.165, 1.54) is 0 Å². The van der Waals surface area contributed by atoms with Crippen LogP contribution in [-0.2, 0) is 28.8 Å². The Hall–Kier alpha value is -3.95. The lowest BCUT2D eigenvalue weighted by Crippen LogP contribution is -2.54. The average Bonchev–Trinajstić information content (AvgIpc) is 2.70. The molecule has 16 heteroatoms. The maximum absolute atomic E-state index is 12.5. The van der Waals surface area contributed by atoms with Gasteiger partial charge in [-0.15, -0.1) is 0 Å². The van der Waals surface area contributed by atoms with Crippen molar-refractivity contribution in [3.05, 3.63) is 0 Å². The van der Waals surface area contributed by atoms with Gasteiger partial charge in [0.05, 0.1) is 19.0 Å². The molecule has 0 aliphatic rings. The molecule has 0 aromatic rings. The van der Waals surface area contributed by atoms with Gasteiger partial charge in [0.2, 0.25) is 23.6 Å². The summed E-state index contributed by atoms with van der Waals surface area (Å²) in [5, 5.41) is 24.5. The van der Waals surface area contributed by atoms with E-state index in [2.05, 4.69) is 15.6 Å². The number of carbonyl (C=O) groups excluding carboxylic acids is 4. The Labute approximate surface area is 188 Å². The van der Waals surface area contributed by atoms with Gasteiger partial charge >= 0.3 is 11.9 Å². The first-order valence-electron chi connectivity index (χ1n) is 9.74. The lowest BCUT2D eigenvalue weighted by Gasteiger charge is -2.21. The summed E-state index contributed by atoms with van der Waals surface area (Å²) in [6, 6.07) is -4.09. The molecule has 0 aliphatic heterocycles. The Bertz CT molecular complexity index is 768. The lowest BCUT2D eigenvalue weighted by molar-refractivity contribution is -0.147. The third kappa shape index (κ3) is 13.9. The first-order valence-corrected chi connectivity index (χ1v) is 9.74. The van der Waals surface area contributed by atoms with Crippen LogP contribution in [0.4, 0.5) is 0 Å². The minimum Gasteiger partial charge on any atom is -0.481 e. The number of carboxylic acids is 2. The zero-order chi connectivity index (χ0) is 25.6. The van der Waals surface area contributed by atoms with Gasteiger partial charge in [-0.3, -0.25) is 29.0 Å². The fraction of sp³-hybridized carbons (Fsp3) is 0.588. The van der Waals surface area contributed by atoms with Gasteiger partial charge in [0, 0.05) is 13.0 Å². The second-order valence-electron chi connectivity index (χ2n) is 6.90. The molecule has 0 aliphatic carbocycles. The zero-order valence-corrected chi connectivity index (χ0v) is 17.8. The summed E-state index contributed by atoms with van der Waals surface area (Å²) in [6.45, 7) is -0.469. The number of aliphatic imine (C=N–C) groups is 1. The van der Waals surface area contributed by atoms with Crippen molar-refractivity contribution in [2.24, 2.45) is 27.9 Å². The number of guanidine groups is 1. The Kier molecular flexibility index (Phi) is 13.2. The Morgan fingerprint density at radius 3 is 2.03 bits per heavy atom. The van der Waals surface area contributed by atoms with Crippen molar-refractivity contribution in [1.82, 2.24) is 16.0 Å². The summed E-state index contributed by atoms with van der Waals surface area (Å²) in [7, 11) is 0. The molecule has 3 atom stereocenters. The van der Waals surface area contributed by atoms with E-state index in [1.54, 1.807) is 0 Å². The number of carbonyl (C=O) groups is 6. The Morgan fingerprint density at radius 2 is 1.52 bits per heavy atom. The predicted octanol–water partition coefficient (Wildman–Crippen LogP) is -4.72. The number of amides is 4. The van der Waals surface area contributed by atoms with Crippen molar-refractivity contribution in [2.75, 3.05) is 13.1 Å². The van der Waals surface area contributed by atoms with E-state index in [-0.39, 0.29) is 38.2 Å². The van der Waals surface area contributed by atoms with E-state index in [4.69, 9.17) is 33.1 Å². The molecule has 0 radical (unpaired) electrons. The van der Waals surface area contributed by atoms with Gasteiger partial charge in [0.15, 0.2) is 5.96 Å². The largest absolute Gasteiger partial charge is 0.481 e. The van der Waals surface area contributed by atoms with E-state index < -0.39 is 66.7 Å². The molecule has 0 aromatic heterocycles. The van der Waals surface area contributed by atoms with Gasteiger partial charge in [0.25, 0.3) is 0 Å². The minimum atomic E-state index is -1.73. The smallest absolute Gasteiger partial charge is 0.326 e. The molecule has 0 fully saturated rings. The Balaban J connectivity index is 5.04. The van der Waals surface area contributed by atoms with Gasteiger partial charge in [-0.25, -0.2) is 4.79 Å². The van der Waals surface area contributed by atoms with Crippen LogP contribution in [0.25, 0.3) is 0 Å². The van der Waals surface area contributed by atoms with Crippen LogP contribution in [-0.4, -0.2) is 83.0 Å². The van der Waals surface area contributed by atoms with E-state index in [9.17, 15) is 28.8 Å². The van der Waals surface area contributed by atoms with Gasteiger partial charge in [-0.2, -0.15) is 0 Å². The normalized spacial score (nSPS) is 13.0. The van der Waals surface area contributed by atoms with Crippen LogP contribution >= 0.6 is 0 Å². The molecule has 186 valence electrons. The number of nitrogens with two attached hydrogens (primary N) is 4. The van der Waals surface area contributed by atoms with Gasteiger partial charge < -0.3 is 49.1 Å². The summed E-state index contributed by atoms with van der Waals surface area (Å²) in [5.41, 5.74) is 21.0. The number of hydrogen-bond donors (Lipinski definition) is 9. The van der Waals surface area contributed by atoms with E-state index >= 15 is 0 Å². The molecule has 0 saturated heterocycles. The number of aliphatic carboxylic acids is 2. The van der Waals surface area contributed by atoms with Crippen LogP contribution < -0.4 is 38.9 Å². The highest BCUT2D eigenvalue weighted by Gasteiger charge is 2.28. The summed E-state index contributed by atoms with van der Waals surface area (Å²) >= 11 is 0. The summed E-state index contributed by atoms with van der Waals surface area (Å²) in [4.78, 5) is 73.0. The van der Waals surface area contributed by atoms with Crippen LogP contribution in [0.2, 0.25) is 0 Å². The first kappa shape index (κ1) is 29.0. The summed E-state index contributed by atoms with van der Waals surface area (Å²) in [6.07, 6.45) is -0.856. The summed E-state index contributed by atoms with van der Waals surface area (Å²) < 4.78 is 0. The van der Waals surface area contributed by atoms with Crippen LogP contribution in [0.5, 0.6) is 0 Å². The van der Waals surface area contributed by atoms with E-state index in [0.29, 0.717) is 0 Å². The number of nitrogens with one attached hydrogen (secondary N) is 3. The van der Waals surface area contributed by atoms with Crippen molar-refractivity contribution in [1.29, 1.82) is 0 Å². The van der Waals surface area contributed by atoms with Crippen LogP contribution in [0.3, 0.4) is 0 Å². The van der Waals surface area contributed by atoms with Crippen molar-refractivity contribution >= 4 is 41.5 Å². The number of primary amides is 1. The molecule has 33 heavy (non-hydrogen) atoms. The molecular formula is C17H30N8O8. The second kappa shape index (κ2) is 15.0. The molecule has 0 spiro atoms. The van der Waals surface area contributed by atoms with Crippen molar-refractivity contribution in [3.8, 4) is 0 Å². The average molecular weight is 474 g/mol. The minimum absolute atomic E-state index is 0.0279. The highest BCUT2D eigenvalue weighted by atomic mass is 16.4. The molecule has 0 saturated carbocycles. The second-order valence-corrected chi connectivity index (χ2v) is 6.90. The monoisotopic (exact) mass is 474 g/mol. The topological polar surface area (TPSA) is 295 Å². The number of hydrogen-bond acceptors (Lipinski definition) is 8. The fourth-order valence-electron chi connectivity index (χ4n) is 2.39. The maximum atomic E-state index is 12.5. The molecule has 0 heterocycles. The standard InChI is InChI=1S/C17H30N8O8/c18-8(3-4-11(19)26)14(30)23-7-12(27)24-9(2-1-5-22-17(20)21)15(31)25-10(16(32)33)6-13(28)29/h8-10H,1-7,18H2,(H2,19,26)(H,23,30)(H,24,27)(H,25,31)(H,28,29)(H,32,33)(H4,20,21,22). The first-order chi connectivity index (χ1) is 15.3. The van der Waals surface area contributed by atoms with Crippen molar-refractivity contribution < 1.29 is 39.0 Å².